The number of phenols is 1. The van der Waals surface area contributed by atoms with Crippen molar-refractivity contribution < 1.29 is 14.2 Å². The first kappa shape index (κ1) is 25.9. The maximum Gasteiger partial charge on any atom is 0.213 e. The van der Waals surface area contributed by atoms with Crippen molar-refractivity contribution in [1.29, 1.82) is 0 Å². The number of hydrogen-bond donors (Lipinski definition) is 2. The minimum Gasteiger partial charge on any atom is -0.508 e. The van der Waals surface area contributed by atoms with E-state index < -0.39 is 0 Å². The van der Waals surface area contributed by atoms with E-state index in [9.17, 15) is 9.50 Å². The first-order valence-electron chi connectivity index (χ1n) is 14.3. The number of aryl methyl sites for hydroxylation is 1. The van der Waals surface area contributed by atoms with Crippen LogP contribution in [0.5, 0.6) is 11.6 Å². The minimum absolute atomic E-state index is 0.0646. The predicted molar refractivity (Wildman–Crippen MR) is 155 cm³/mol. The summed E-state index contributed by atoms with van der Waals surface area (Å²) in [6.45, 7) is 6.76. The highest BCUT2D eigenvalue weighted by atomic mass is 19.1. The summed E-state index contributed by atoms with van der Waals surface area (Å²) in [5.41, 5.74) is 9.80. The van der Waals surface area contributed by atoms with E-state index in [4.69, 9.17) is 9.72 Å². The van der Waals surface area contributed by atoms with E-state index in [2.05, 4.69) is 54.4 Å². The molecule has 1 atom stereocenters. The molecule has 1 aliphatic carbocycles. The fraction of sp³-hybridized carbons (Fsp3) is 0.424. The maximum absolute atomic E-state index is 12.6. The van der Waals surface area contributed by atoms with Crippen LogP contribution >= 0.6 is 0 Å². The van der Waals surface area contributed by atoms with Crippen molar-refractivity contribution in [3.05, 3.63) is 82.5 Å². The number of pyridine rings is 1. The van der Waals surface area contributed by atoms with Gasteiger partial charge in [0.25, 0.3) is 0 Å². The Morgan fingerprint density at radius 3 is 2.77 bits per heavy atom. The van der Waals surface area contributed by atoms with Gasteiger partial charge in [0.05, 0.1) is 6.67 Å². The standard InChI is InChI=1S/C33H38FN3O2/c1-33(2)19-25-17-23(7-11-30(25)36-33)28-6-3-5-22-18-26(38)9-10-29(22)32(28)24-8-12-31(35-20-24)39-27-13-16-37(21-27)15-4-14-34/h7-12,17-18,20,27,36,38H,3-6,13-16,19,21H2,1-2H3/t27-/m0/s1. The van der Waals surface area contributed by atoms with E-state index in [1.165, 1.54) is 33.5 Å². The number of allylic oxidation sites excluding steroid dienone is 1. The molecule has 5 nitrogen and oxygen atoms in total. The SMILES string of the molecule is CC1(C)Cc2cc(C3=C(c4ccc(O[C@H]5CCN(CCCF)C5)nc4)c4ccc(O)cc4CCC3)ccc2N1. The van der Waals surface area contributed by atoms with Gasteiger partial charge < -0.3 is 15.2 Å². The average molecular weight is 528 g/mol. The molecule has 0 amide bonds. The molecule has 1 fully saturated rings. The molecule has 0 unspecified atom stereocenters. The first-order chi connectivity index (χ1) is 18.9. The number of alkyl halides is 1. The van der Waals surface area contributed by atoms with Gasteiger partial charge in [-0.1, -0.05) is 12.1 Å². The Morgan fingerprint density at radius 2 is 1.95 bits per heavy atom. The molecule has 3 heterocycles. The van der Waals surface area contributed by atoms with Gasteiger partial charge in [-0.15, -0.1) is 0 Å². The molecule has 6 rings (SSSR count). The zero-order valence-corrected chi connectivity index (χ0v) is 23.0. The van der Waals surface area contributed by atoms with Crippen LogP contribution in [0.25, 0.3) is 11.1 Å². The molecule has 0 radical (unpaired) electrons. The number of rotatable bonds is 7. The second-order valence-corrected chi connectivity index (χ2v) is 11.9. The van der Waals surface area contributed by atoms with Crippen molar-refractivity contribution in [1.82, 2.24) is 9.88 Å². The van der Waals surface area contributed by atoms with Gasteiger partial charge in [-0.05, 0) is 116 Å². The van der Waals surface area contributed by atoms with Crippen molar-refractivity contribution in [3.63, 3.8) is 0 Å². The molecule has 3 aromatic rings. The van der Waals surface area contributed by atoms with Crippen molar-refractivity contribution >= 4 is 16.8 Å². The summed E-state index contributed by atoms with van der Waals surface area (Å²) in [4.78, 5) is 7.00. The molecule has 1 aromatic heterocycles. The topological polar surface area (TPSA) is 57.6 Å². The van der Waals surface area contributed by atoms with Crippen LogP contribution in [0, 0.1) is 0 Å². The number of nitrogens with one attached hydrogen (secondary N) is 1. The van der Waals surface area contributed by atoms with Gasteiger partial charge in [0, 0.05) is 48.7 Å². The Kier molecular flexibility index (Phi) is 7.06. The van der Waals surface area contributed by atoms with E-state index >= 15 is 0 Å². The second kappa shape index (κ2) is 10.6. The van der Waals surface area contributed by atoms with E-state index in [0.717, 1.165) is 62.9 Å². The van der Waals surface area contributed by atoms with Gasteiger partial charge in [0.2, 0.25) is 5.88 Å². The normalized spacial score (nSPS) is 20.3. The van der Waals surface area contributed by atoms with Gasteiger partial charge in [0.15, 0.2) is 0 Å². The lowest BCUT2D eigenvalue weighted by atomic mass is 9.87. The predicted octanol–water partition coefficient (Wildman–Crippen LogP) is 6.64. The summed E-state index contributed by atoms with van der Waals surface area (Å²) in [6, 6.07) is 16.7. The fourth-order valence-electron chi connectivity index (χ4n) is 6.48. The Labute approximate surface area is 230 Å². The lowest BCUT2D eigenvalue weighted by Gasteiger charge is -2.18. The van der Waals surface area contributed by atoms with Crippen LogP contribution in [0.4, 0.5) is 10.1 Å². The monoisotopic (exact) mass is 527 g/mol. The van der Waals surface area contributed by atoms with Gasteiger partial charge in [-0.3, -0.25) is 9.29 Å². The van der Waals surface area contributed by atoms with Crippen LogP contribution in [0.1, 0.15) is 67.3 Å². The summed E-state index contributed by atoms with van der Waals surface area (Å²) in [7, 11) is 0. The number of halogens is 1. The molecule has 1 saturated heterocycles. The van der Waals surface area contributed by atoms with Crippen LogP contribution in [-0.2, 0) is 12.8 Å². The largest absolute Gasteiger partial charge is 0.508 e. The average Bonchev–Trinajstić information content (AvgIpc) is 3.43. The Balaban J connectivity index is 1.34. The van der Waals surface area contributed by atoms with E-state index in [1.54, 1.807) is 6.07 Å². The van der Waals surface area contributed by atoms with E-state index in [1.807, 2.05) is 18.3 Å². The number of benzene rings is 2. The number of aromatic nitrogens is 1. The third-order valence-corrected chi connectivity index (χ3v) is 8.24. The number of nitrogens with zero attached hydrogens (tertiary/aromatic N) is 2. The third kappa shape index (κ3) is 5.53. The highest BCUT2D eigenvalue weighted by Crippen LogP contribution is 2.42. The molecule has 6 heteroatoms. The number of phenolic OH excluding ortho intramolecular Hbond substituents is 1. The molecular formula is C33H38FN3O2. The molecule has 2 aliphatic heterocycles. The van der Waals surface area contributed by atoms with Gasteiger partial charge in [-0.25, -0.2) is 4.98 Å². The van der Waals surface area contributed by atoms with Gasteiger partial charge in [0.1, 0.15) is 11.9 Å². The first-order valence-corrected chi connectivity index (χ1v) is 14.3. The number of anilines is 1. The number of aromatic hydroxyl groups is 1. The molecule has 39 heavy (non-hydrogen) atoms. The van der Waals surface area contributed by atoms with Crippen LogP contribution in [0.2, 0.25) is 0 Å². The molecule has 0 saturated carbocycles. The van der Waals surface area contributed by atoms with Gasteiger partial charge in [-0.2, -0.15) is 0 Å². The van der Waals surface area contributed by atoms with Crippen LogP contribution in [-0.4, -0.2) is 52.9 Å². The zero-order valence-electron chi connectivity index (χ0n) is 23.0. The Morgan fingerprint density at radius 1 is 1.08 bits per heavy atom. The number of fused-ring (bicyclic) bond motifs is 2. The summed E-state index contributed by atoms with van der Waals surface area (Å²) < 4.78 is 18.8. The molecule has 0 bridgehead atoms. The number of likely N-dealkylation sites (tertiary alicyclic amines) is 1. The van der Waals surface area contributed by atoms with Crippen LogP contribution in [0.3, 0.4) is 0 Å². The lowest BCUT2D eigenvalue weighted by molar-refractivity contribution is 0.191. The van der Waals surface area contributed by atoms with Crippen LogP contribution in [0.15, 0.2) is 54.7 Å². The summed E-state index contributed by atoms with van der Waals surface area (Å²) in [6.07, 6.45) is 7.43. The number of ether oxygens (including phenoxy) is 1. The van der Waals surface area contributed by atoms with E-state index in [-0.39, 0.29) is 18.3 Å². The summed E-state index contributed by atoms with van der Waals surface area (Å²) >= 11 is 0. The highest BCUT2D eigenvalue weighted by molar-refractivity contribution is 6.00. The molecule has 204 valence electrons. The molecule has 0 spiro atoms. The molecule has 2 N–H and O–H groups in total. The summed E-state index contributed by atoms with van der Waals surface area (Å²) in [5.74, 6) is 0.935. The number of hydrogen-bond acceptors (Lipinski definition) is 5. The fourth-order valence-corrected chi connectivity index (χ4v) is 6.48. The van der Waals surface area contributed by atoms with Crippen molar-refractivity contribution in [3.8, 4) is 11.6 Å². The molecule has 3 aliphatic rings. The minimum atomic E-state index is -0.272. The maximum atomic E-state index is 12.6. The van der Waals surface area contributed by atoms with Crippen molar-refractivity contribution in [2.24, 2.45) is 0 Å². The second-order valence-electron chi connectivity index (χ2n) is 11.9. The van der Waals surface area contributed by atoms with Crippen LogP contribution < -0.4 is 10.1 Å². The van der Waals surface area contributed by atoms with Crippen molar-refractivity contribution in [2.45, 2.75) is 64.0 Å². The Hall–Kier alpha value is -3.38. The lowest BCUT2D eigenvalue weighted by Crippen LogP contribution is -2.26. The van der Waals surface area contributed by atoms with Gasteiger partial charge >= 0.3 is 0 Å². The zero-order chi connectivity index (χ0) is 27.0. The highest BCUT2D eigenvalue weighted by Gasteiger charge is 2.29. The Bertz CT molecular complexity index is 1380. The third-order valence-electron chi connectivity index (χ3n) is 8.24. The molecular weight excluding hydrogens is 489 g/mol. The smallest absolute Gasteiger partial charge is 0.213 e. The van der Waals surface area contributed by atoms with E-state index in [0.29, 0.717) is 18.1 Å². The van der Waals surface area contributed by atoms with Crippen molar-refractivity contribution in [2.75, 3.05) is 31.6 Å². The molecule has 2 aromatic carbocycles. The summed E-state index contributed by atoms with van der Waals surface area (Å²) in [5, 5.41) is 13.9. The quantitative estimate of drug-likeness (QED) is 0.361.